The molecule has 2 aromatic rings. The van der Waals surface area contributed by atoms with E-state index in [4.69, 9.17) is 0 Å². The SMILES string of the molecule is CN1CC[C@@H](C(=O)N[C@@H](Cc2ccccc2)c2cccs2)CC1=O. The van der Waals surface area contributed by atoms with E-state index in [1.165, 1.54) is 5.56 Å². The minimum atomic E-state index is -0.216. The summed E-state index contributed by atoms with van der Waals surface area (Å²) in [5, 5.41) is 5.20. The molecule has 126 valence electrons. The lowest BCUT2D eigenvalue weighted by Gasteiger charge is -2.29. The van der Waals surface area contributed by atoms with Gasteiger partial charge in [-0.2, -0.15) is 0 Å². The minimum absolute atomic E-state index is 0.00854. The van der Waals surface area contributed by atoms with Crippen molar-refractivity contribution >= 4 is 23.2 Å². The average molecular weight is 342 g/mol. The van der Waals surface area contributed by atoms with E-state index < -0.39 is 0 Å². The molecule has 2 heterocycles. The van der Waals surface area contributed by atoms with E-state index in [1.807, 2.05) is 29.6 Å². The van der Waals surface area contributed by atoms with Crippen LogP contribution in [-0.2, 0) is 16.0 Å². The second-order valence-corrected chi connectivity index (χ2v) is 7.25. The molecular weight excluding hydrogens is 320 g/mol. The van der Waals surface area contributed by atoms with Gasteiger partial charge in [-0.1, -0.05) is 36.4 Å². The summed E-state index contributed by atoms with van der Waals surface area (Å²) in [5.41, 5.74) is 1.19. The van der Waals surface area contributed by atoms with E-state index in [1.54, 1.807) is 23.3 Å². The van der Waals surface area contributed by atoms with Crippen LogP contribution in [0.5, 0.6) is 0 Å². The van der Waals surface area contributed by atoms with Crippen molar-refractivity contribution in [2.45, 2.75) is 25.3 Å². The Morgan fingerprint density at radius 1 is 1.29 bits per heavy atom. The van der Waals surface area contributed by atoms with Crippen LogP contribution in [0.3, 0.4) is 0 Å². The molecule has 2 atom stereocenters. The number of hydrogen-bond acceptors (Lipinski definition) is 3. The van der Waals surface area contributed by atoms with E-state index in [2.05, 4.69) is 23.5 Å². The quantitative estimate of drug-likeness (QED) is 0.908. The summed E-state index contributed by atoms with van der Waals surface area (Å²) >= 11 is 1.65. The van der Waals surface area contributed by atoms with Crippen molar-refractivity contribution in [1.82, 2.24) is 10.2 Å². The summed E-state index contributed by atoms with van der Waals surface area (Å²) in [6, 6.07) is 14.2. The standard InChI is InChI=1S/C19H22N2O2S/c1-21-10-9-15(13-18(21)22)19(23)20-16(17-8-5-11-24-17)12-14-6-3-2-4-7-14/h2-8,11,15-16H,9-10,12-13H2,1H3,(H,20,23)/t15-,16+/m1/s1. The van der Waals surface area contributed by atoms with Gasteiger partial charge in [-0.3, -0.25) is 9.59 Å². The summed E-state index contributed by atoms with van der Waals surface area (Å²) in [7, 11) is 1.79. The molecule has 1 aromatic carbocycles. The summed E-state index contributed by atoms with van der Waals surface area (Å²) in [6.07, 6.45) is 1.80. The molecule has 1 aliphatic heterocycles. The van der Waals surface area contributed by atoms with Crippen molar-refractivity contribution in [2.24, 2.45) is 5.92 Å². The van der Waals surface area contributed by atoms with Crippen LogP contribution in [0.15, 0.2) is 47.8 Å². The predicted molar refractivity (Wildman–Crippen MR) is 95.7 cm³/mol. The molecule has 4 nitrogen and oxygen atoms in total. The first-order chi connectivity index (χ1) is 11.6. The highest BCUT2D eigenvalue weighted by atomic mass is 32.1. The monoisotopic (exact) mass is 342 g/mol. The van der Waals surface area contributed by atoms with Crippen molar-refractivity contribution in [3.63, 3.8) is 0 Å². The van der Waals surface area contributed by atoms with Crippen LogP contribution < -0.4 is 5.32 Å². The zero-order valence-corrected chi connectivity index (χ0v) is 14.6. The number of nitrogens with zero attached hydrogens (tertiary/aromatic N) is 1. The molecule has 1 aromatic heterocycles. The lowest BCUT2D eigenvalue weighted by atomic mass is 9.94. The third-order valence-corrected chi connectivity index (χ3v) is 5.50. The molecule has 0 radical (unpaired) electrons. The van der Waals surface area contributed by atoms with E-state index in [0.717, 1.165) is 17.7 Å². The molecule has 1 fully saturated rings. The highest BCUT2D eigenvalue weighted by Crippen LogP contribution is 2.25. The highest BCUT2D eigenvalue weighted by Gasteiger charge is 2.30. The van der Waals surface area contributed by atoms with E-state index in [-0.39, 0.29) is 23.8 Å². The molecule has 0 bridgehead atoms. The number of piperidine rings is 1. The molecule has 0 unspecified atom stereocenters. The Hall–Kier alpha value is -2.14. The van der Waals surface area contributed by atoms with Crippen LogP contribution in [-0.4, -0.2) is 30.3 Å². The van der Waals surface area contributed by atoms with E-state index in [9.17, 15) is 9.59 Å². The van der Waals surface area contributed by atoms with Gasteiger partial charge in [-0.25, -0.2) is 0 Å². The summed E-state index contributed by atoms with van der Waals surface area (Å²) in [6.45, 7) is 0.652. The molecule has 1 aliphatic rings. The molecule has 5 heteroatoms. The van der Waals surface area contributed by atoms with E-state index >= 15 is 0 Å². The Kier molecular flexibility index (Phi) is 5.30. The van der Waals surface area contributed by atoms with Gasteiger partial charge in [0.25, 0.3) is 0 Å². The molecule has 0 spiro atoms. The van der Waals surface area contributed by atoms with Crippen molar-refractivity contribution in [3.05, 3.63) is 58.3 Å². The first-order valence-electron chi connectivity index (χ1n) is 8.25. The fourth-order valence-corrected chi connectivity index (χ4v) is 3.80. The van der Waals surface area contributed by atoms with Crippen LogP contribution in [0.2, 0.25) is 0 Å². The molecule has 0 saturated carbocycles. The number of likely N-dealkylation sites (tertiary alicyclic amines) is 1. The van der Waals surface area contributed by atoms with Gasteiger partial charge in [0.15, 0.2) is 0 Å². The van der Waals surface area contributed by atoms with Gasteiger partial charge in [0.05, 0.1) is 6.04 Å². The fourth-order valence-electron chi connectivity index (χ4n) is 3.02. The van der Waals surface area contributed by atoms with Crippen molar-refractivity contribution in [1.29, 1.82) is 0 Å². The number of hydrogen-bond donors (Lipinski definition) is 1. The fraction of sp³-hybridized carbons (Fsp3) is 0.368. The molecule has 1 N–H and O–H groups in total. The minimum Gasteiger partial charge on any atom is -0.348 e. The third-order valence-electron chi connectivity index (χ3n) is 4.52. The molecule has 2 amide bonds. The highest BCUT2D eigenvalue weighted by molar-refractivity contribution is 7.10. The number of carbonyl (C=O) groups excluding carboxylic acids is 2. The zero-order chi connectivity index (χ0) is 16.9. The molecule has 1 saturated heterocycles. The number of rotatable bonds is 5. The smallest absolute Gasteiger partial charge is 0.224 e. The normalized spacial score (nSPS) is 19.1. The van der Waals surface area contributed by atoms with Gasteiger partial charge in [0.1, 0.15) is 0 Å². The van der Waals surface area contributed by atoms with Gasteiger partial charge in [-0.15, -0.1) is 11.3 Å². The van der Waals surface area contributed by atoms with Gasteiger partial charge < -0.3 is 10.2 Å². The van der Waals surface area contributed by atoms with Crippen molar-refractivity contribution < 1.29 is 9.59 Å². The second-order valence-electron chi connectivity index (χ2n) is 6.27. The lowest BCUT2D eigenvalue weighted by Crippen LogP contribution is -2.43. The van der Waals surface area contributed by atoms with Crippen LogP contribution in [0.4, 0.5) is 0 Å². The van der Waals surface area contributed by atoms with Crippen molar-refractivity contribution in [2.75, 3.05) is 13.6 Å². The number of amides is 2. The van der Waals surface area contributed by atoms with Crippen LogP contribution in [0, 0.1) is 5.92 Å². The largest absolute Gasteiger partial charge is 0.348 e. The maximum atomic E-state index is 12.7. The zero-order valence-electron chi connectivity index (χ0n) is 13.8. The number of nitrogens with one attached hydrogen (secondary N) is 1. The van der Waals surface area contributed by atoms with Gasteiger partial charge >= 0.3 is 0 Å². The maximum Gasteiger partial charge on any atom is 0.224 e. The average Bonchev–Trinajstić information content (AvgIpc) is 3.12. The van der Waals surface area contributed by atoms with Crippen LogP contribution in [0.25, 0.3) is 0 Å². The summed E-state index contributed by atoms with van der Waals surface area (Å²) in [4.78, 5) is 27.4. The first kappa shape index (κ1) is 16.7. The Morgan fingerprint density at radius 3 is 2.75 bits per heavy atom. The van der Waals surface area contributed by atoms with Crippen LogP contribution in [0.1, 0.15) is 29.3 Å². The molecular formula is C19H22N2O2S. The second kappa shape index (κ2) is 7.62. The van der Waals surface area contributed by atoms with Gasteiger partial charge in [0.2, 0.25) is 11.8 Å². The van der Waals surface area contributed by atoms with E-state index in [0.29, 0.717) is 13.0 Å². The molecule has 3 rings (SSSR count). The predicted octanol–water partition coefficient (Wildman–Crippen LogP) is 3.02. The summed E-state index contributed by atoms with van der Waals surface area (Å²) < 4.78 is 0. The third kappa shape index (κ3) is 4.03. The molecule has 0 aliphatic carbocycles. The van der Waals surface area contributed by atoms with Crippen LogP contribution >= 0.6 is 11.3 Å². The number of thiophene rings is 1. The van der Waals surface area contributed by atoms with Crippen molar-refractivity contribution in [3.8, 4) is 0 Å². The summed E-state index contributed by atoms with van der Waals surface area (Å²) in [5.74, 6) is -0.171. The topological polar surface area (TPSA) is 49.4 Å². The Labute approximate surface area is 146 Å². The number of benzene rings is 1. The first-order valence-corrected chi connectivity index (χ1v) is 9.13. The van der Waals surface area contributed by atoms with Gasteiger partial charge in [0, 0.05) is 30.8 Å². The Morgan fingerprint density at radius 2 is 2.08 bits per heavy atom. The maximum absolute atomic E-state index is 12.7. The van der Waals surface area contributed by atoms with Gasteiger partial charge in [-0.05, 0) is 29.9 Å². The Balaban J connectivity index is 1.70. The molecule has 24 heavy (non-hydrogen) atoms. The Bertz CT molecular complexity index is 685. The number of carbonyl (C=O) groups is 2. The lowest BCUT2D eigenvalue weighted by molar-refractivity contribution is -0.139.